The number of aromatic nitrogens is 2. The van der Waals surface area contributed by atoms with Crippen LogP contribution in [0.15, 0.2) is 42.5 Å². The van der Waals surface area contributed by atoms with Crippen molar-refractivity contribution in [3.05, 3.63) is 65.0 Å². The molecule has 4 rings (SSSR count). The van der Waals surface area contributed by atoms with Gasteiger partial charge in [-0.05, 0) is 49.4 Å². The van der Waals surface area contributed by atoms with E-state index in [0.717, 1.165) is 30.9 Å². The molecular weight excluding hydrogens is 453 g/mol. The molecule has 1 heterocycles. The maximum atomic E-state index is 13.6. The number of nitrogens with two attached hydrogens (primary N) is 2. The van der Waals surface area contributed by atoms with Crippen molar-refractivity contribution in [1.29, 1.82) is 0 Å². The zero-order valence-electron chi connectivity index (χ0n) is 19.3. The smallest absolute Gasteiger partial charge is 0.255 e. The number of nitrogens with one attached hydrogen (secondary N) is 1. The lowest BCUT2D eigenvalue weighted by atomic mass is 9.93. The second-order valence-electron chi connectivity index (χ2n) is 8.62. The van der Waals surface area contributed by atoms with Crippen LogP contribution in [0.5, 0.6) is 5.75 Å². The van der Waals surface area contributed by atoms with Gasteiger partial charge in [-0.3, -0.25) is 9.59 Å². The number of amides is 2. The average Bonchev–Trinajstić information content (AvgIpc) is 3.20. The van der Waals surface area contributed by atoms with Crippen LogP contribution in [0.2, 0.25) is 0 Å². The van der Waals surface area contributed by atoms with Crippen molar-refractivity contribution in [3.63, 3.8) is 0 Å². The summed E-state index contributed by atoms with van der Waals surface area (Å²) in [6.07, 6.45) is 2.46. The van der Waals surface area contributed by atoms with Gasteiger partial charge in [0.15, 0.2) is 0 Å². The number of ether oxygens (including phenoxy) is 1. The van der Waals surface area contributed by atoms with E-state index in [1.807, 2.05) is 0 Å². The van der Waals surface area contributed by atoms with Crippen molar-refractivity contribution in [1.82, 2.24) is 15.1 Å². The first-order chi connectivity index (χ1) is 16.8. The van der Waals surface area contributed by atoms with Gasteiger partial charge >= 0.3 is 0 Å². The normalized spacial score (nSPS) is 17.7. The molecule has 2 aromatic carbocycles. The topological polar surface area (TPSA) is 145 Å². The van der Waals surface area contributed by atoms with Gasteiger partial charge in [0, 0.05) is 12.1 Å². The van der Waals surface area contributed by atoms with Crippen LogP contribution in [0.1, 0.15) is 58.0 Å². The number of nitrogen functional groups attached to an aromatic ring is 1. The molecule has 6 N–H and O–H groups in total. The number of hydrogen-bond acceptors (Lipinski definition) is 6. The van der Waals surface area contributed by atoms with Crippen LogP contribution in [0.25, 0.3) is 11.3 Å². The molecule has 35 heavy (non-hydrogen) atoms. The van der Waals surface area contributed by atoms with Gasteiger partial charge < -0.3 is 26.6 Å². The number of hydrogen-bond donors (Lipinski definition) is 4. The molecule has 0 saturated heterocycles. The molecule has 2 atom stereocenters. The SMILES string of the molecule is COc1ccc(F)cc1C(=O)NCc1ccc(-c2nn(C3CCCC(O)C3)c(N)c2C(N)=O)cc1. The average molecular weight is 482 g/mol. The molecule has 3 aromatic rings. The minimum Gasteiger partial charge on any atom is -0.496 e. The van der Waals surface area contributed by atoms with Crippen LogP contribution in [0.3, 0.4) is 0 Å². The second-order valence-corrected chi connectivity index (χ2v) is 8.62. The predicted molar refractivity (Wildman–Crippen MR) is 128 cm³/mol. The Morgan fingerprint density at radius 1 is 1.23 bits per heavy atom. The molecule has 0 aliphatic heterocycles. The fourth-order valence-corrected chi connectivity index (χ4v) is 4.45. The van der Waals surface area contributed by atoms with Crippen molar-refractivity contribution >= 4 is 17.6 Å². The first-order valence-electron chi connectivity index (χ1n) is 11.4. The van der Waals surface area contributed by atoms with Crippen LogP contribution in [0.4, 0.5) is 10.2 Å². The van der Waals surface area contributed by atoms with E-state index in [1.54, 1.807) is 28.9 Å². The van der Waals surface area contributed by atoms with Crippen molar-refractivity contribution < 1.29 is 23.8 Å². The zero-order valence-corrected chi connectivity index (χ0v) is 19.3. The Bertz CT molecular complexity index is 1240. The first-order valence-corrected chi connectivity index (χ1v) is 11.4. The van der Waals surface area contributed by atoms with Crippen LogP contribution in [0, 0.1) is 5.82 Å². The molecule has 1 fully saturated rings. The van der Waals surface area contributed by atoms with Gasteiger partial charge in [-0.1, -0.05) is 24.3 Å². The van der Waals surface area contributed by atoms with Crippen LogP contribution in [-0.4, -0.2) is 39.9 Å². The van der Waals surface area contributed by atoms with E-state index in [9.17, 15) is 19.1 Å². The van der Waals surface area contributed by atoms with Gasteiger partial charge in [0.2, 0.25) is 0 Å². The van der Waals surface area contributed by atoms with E-state index in [-0.39, 0.29) is 35.3 Å². The molecular formula is C25H28FN5O4. The lowest BCUT2D eigenvalue weighted by Crippen LogP contribution is -2.24. The first kappa shape index (κ1) is 24.2. The number of aliphatic hydroxyl groups excluding tert-OH is 1. The lowest BCUT2D eigenvalue weighted by Gasteiger charge is -2.26. The summed E-state index contributed by atoms with van der Waals surface area (Å²) in [4.78, 5) is 24.7. The molecule has 0 radical (unpaired) electrons. The number of carbonyl (C=O) groups excluding carboxylic acids is 2. The molecule has 0 bridgehead atoms. The molecule has 1 aliphatic rings. The third-order valence-corrected chi connectivity index (χ3v) is 6.25. The largest absolute Gasteiger partial charge is 0.496 e. The van der Waals surface area contributed by atoms with E-state index >= 15 is 0 Å². The fourth-order valence-electron chi connectivity index (χ4n) is 4.45. The Morgan fingerprint density at radius 3 is 2.63 bits per heavy atom. The van der Waals surface area contributed by atoms with Crippen molar-refractivity contribution in [2.24, 2.45) is 5.73 Å². The third-order valence-electron chi connectivity index (χ3n) is 6.25. The van der Waals surface area contributed by atoms with E-state index in [1.165, 1.54) is 19.2 Å². The highest BCUT2D eigenvalue weighted by atomic mass is 19.1. The highest BCUT2D eigenvalue weighted by Crippen LogP contribution is 2.35. The van der Waals surface area contributed by atoms with Crippen molar-refractivity contribution in [2.75, 3.05) is 12.8 Å². The third kappa shape index (κ3) is 5.12. The van der Waals surface area contributed by atoms with Crippen molar-refractivity contribution in [2.45, 2.75) is 44.4 Å². The molecule has 2 unspecified atom stereocenters. The second kappa shape index (κ2) is 10.1. The minimum atomic E-state index is -0.680. The van der Waals surface area contributed by atoms with E-state index < -0.39 is 23.7 Å². The highest BCUT2D eigenvalue weighted by Gasteiger charge is 2.28. The fraction of sp³-hybridized carbons (Fsp3) is 0.320. The summed E-state index contributed by atoms with van der Waals surface area (Å²) in [6, 6.07) is 10.7. The maximum Gasteiger partial charge on any atom is 0.255 e. The number of primary amides is 1. The Labute approximate surface area is 201 Å². The predicted octanol–water partition coefficient (Wildman–Crippen LogP) is 2.78. The molecule has 1 aromatic heterocycles. The summed E-state index contributed by atoms with van der Waals surface area (Å²) < 4.78 is 20.3. The number of rotatable bonds is 7. The van der Waals surface area contributed by atoms with E-state index in [2.05, 4.69) is 10.4 Å². The van der Waals surface area contributed by atoms with Crippen molar-refractivity contribution in [3.8, 4) is 17.0 Å². The minimum absolute atomic E-state index is 0.101. The Hall–Kier alpha value is -3.92. The number of benzene rings is 2. The molecule has 10 heteroatoms. The molecule has 1 aliphatic carbocycles. The van der Waals surface area contributed by atoms with Crippen LogP contribution < -0.4 is 21.5 Å². The highest BCUT2D eigenvalue weighted by molar-refractivity contribution is 6.03. The maximum absolute atomic E-state index is 13.6. The summed E-state index contributed by atoms with van der Waals surface area (Å²) in [5.41, 5.74) is 13.9. The molecule has 1 saturated carbocycles. The molecule has 2 amide bonds. The summed E-state index contributed by atoms with van der Waals surface area (Å²) in [5, 5.41) is 17.4. The summed E-state index contributed by atoms with van der Waals surface area (Å²) >= 11 is 0. The Kier molecular flexibility index (Phi) is 7.02. The Morgan fingerprint density at radius 2 is 1.97 bits per heavy atom. The van der Waals surface area contributed by atoms with Crippen LogP contribution in [-0.2, 0) is 6.54 Å². The number of anilines is 1. The summed E-state index contributed by atoms with van der Waals surface area (Å²) in [5.74, 6) is -1.22. The Balaban J connectivity index is 1.53. The van der Waals surface area contributed by atoms with E-state index in [0.29, 0.717) is 17.7 Å². The van der Waals surface area contributed by atoms with Gasteiger partial charge in [0.25, 0.3) is 11.8 Å². The molecule has 184 valence electrons. The quantitative estimate of drug-likeness (QED) is 0.408. The van der Waals surface area contributed by atoms with Gasteiger partial charge in [0.05, 0.1) is 24.8 Å². The number of aliphatic hydroxyl groups is 1. The molecule has 0 spiro atoms. The number of methoxy groups -OCH3 is 1. The standard InChI is InChI=1S/C25H28FN5O4/c1-35-20-10-9-16(26)11-19(20)25(34)29-13-14-5-7-15(8-6-14)22-21(24(28)33)23(27)31(30-22)17-3-2-4-18(32)12-17/h5-11,17-18,32H,2-4,12-13,27H2,1H3,(H2,28,33)(H,29,34). The zero-order chi connectivity index (χ0) is 25.1. The lowest BCUT2D eigenvalue weighted by molar-refractivity contribution is 0.0945. The summed E-state index contributed by atoms with van der Waals surface area (Å²) in [6.45, 7) is 0.192. The van der Waals surface area contributed by atoms with Gasteiger partial charge in [-0.25, -0.2) is 9.07 Å². The number of carbonyl (C=O) groups is 2. The summed E-state index contributed by atoms with van der Waals surface area (Å²) in [7, 11) is 1.41. The molecule has 9 nitrogen and oxygen atoms in total. The number of halogens is 1. The number of nitrogens with zero attached hydrogens (tertiary/aromatic N) is 2. The van der Waals surface area contributed by atoms with Gasteiger partial charge in [-0.15, -0.1) is 0 Å². The van der Waals surface area contributed by atoms with E-state index in [4.69, 9.17) is 16.2 Å². The monoisotopic (exact) mass is 481 g/mol. The van der Waals surface area contributed by atoms with Gasteiger partial charge in [-0.2, -0.15) is 5.10 Å². The van der Waals surface area contributed by atoms with Crippen LogP contribution >= 0.6 is 0 Å². The van der Waals surface area contributed by atoms with Gasteiger partial charge in [0.1, 0.15) is 28.6 Å².